The van der Waals surface area contributed by atoms with Crippen LogP contribution in [-0.4, -0.2) is 44.7 Å². The second kappa shape index (κ2) is 10.1. The van der Waals surface area contributed by atoms with Crippen LogP contribution >= 0.6 is 0 Å². The maximum atomic E-state index is 13.5. The lowest BCUT2D eigenvalue weighted by molar-refractivity contribution is 0.102. The molecule has 0 aliphatic carbocycles. The minimum atomic E-state index is -4.03. The molecule has 0 fully saturated rings. The van der Waals surface area contributed by atoms with Gasteiger partial charge in [-0.25, -0.2) is 8.42 Å². The highest BCUT2D eigenvalue weighted by atomic mass is 32.2. The minimum absolute atomic E-state index is 0.0387. The maximum absolute atomic E-state index is 13.5. The molecule has 1 heterocycles. The van der Waals surface area contributed by atoms with Crippen molar-refractivity contribution in [2.24, 2.45) is 0 Å². The number of para-hydroxylation sites is 3. The van der Waals surface area contributed by atoms with Gasteiger partial charge in [0.2, 0.25) is 0 Å². The molecule has 0 unspecified atom stereocenters. The lowest BCUT2D eigenvalue weighted by Crippen LogP contribution is -2.26. The number of amides is 1. The number of methoxy groups -OCH3 is 1. The number of benzene rings is 3. The van der Waals surface area contributed by atoms with Gasteiger partial charge in [0.1, 0.15) is 10.6 Å². The first kappa shape index (κ1) is 24.1. The molecule has 182 valence electrons. The van der Waals surface area contributed by atoms with Crippen molar-refractivity contribution < 1.29 is 17.9 Å². The Labute approximate surface area is 204 Å². The van der Waals surface area contributed by atoms with Gasteiger partial charge < -0.3 is 15.0 Å². The Morgan fingerprint density at radius 3 is 2.49 bits per heavy atom. The molecule has 0 saturated carbocycles. The van der Waals surface area contributed by atoms with Gasteiger partial charge in [-0.3, -0.25) is 14.6 Å². The first-order chi connectivity index (χ1) is 16.9. The number of ether oxygens (including phenoxy) is 1. The molecule has 3 N–H and O–H groups in total. The van der Waals surface area contributed by atoms with Gasteiger partial charge in [-0.05, 0) is 50.2 Å². The van der Waals surface area contributed by atoms with E-state index in [1.807, 2.05) is 36.9 Å². The zero-order chi connectivity index (χ0) is 25.0. The molecule has 0 aliphatic rings. The second-order valence-corrected chi connectivity index (χ2v) is 9.38. The van der Waals surface area contributed by atoms with E-state index in [2.05, 4.69) is 20.2 Å². The van der Waals surface area contributed by atoms with Crippen molar-refractivity contribution in [2.45, 2.75) is 18.7 Å². The number of rotatable bonds is 9. The number of carbonyl (C=O) groups is 1. The molecule has 0 saturated heterocycles. The smallest absolute Gasteiger partial charge is 0.276 e. The summed E-state index contributed by atoms with van der Waals surface area (Å²) in [4.78, 5) is 14.9. The Morgan fingerprint density at radius 2 is 1.74 bits per heavy atom. The highest BCUT2D eigenvalue weighted by Gasteiger charge is 2.24. The molecule has 0 bridgehead atoms. The molecule has 9 nitrogen and oxygen atoms in total. The third-order valence-electron chi connectivity index (χ3n) is 5.65. The Morgan fingerprint density at radius 1 is 1.03 bits per heavy atom. The predicted molar refractivity (Wildman–Crippen MR) is 138 cm³/mol. The van der Waals surface area contributed by atoms with Crippen molar-refractivity contribution >= 4 is 43.9 Å². The summed E-state index contributed by atoms with van der Waals surface area (Å²) in [5.74, 6) is -0.0468. The molecule has 4 rings (SSSR count). The average molecular weight is 494 g/mol. The molecule has 1 amide bonds. The SMILES string of the molecule is CCN(CC)c1ccc(NC(=O)c2n[nH]c3ccccc23)cc1S(=O)(=O)Nc1ccccc1OC. The fourth-order valence-corrected chi connectivity index (χ4v) is 5.21. The Kier molecular flexibility index (Phi) is 6.92. The number of fused-ring (bicyclic) bond motifs is 1. The third-order valence-corrected chi connectivity index (χ3v) is 7.04. The number of hydrogen-bond donors (Lipinski definition) is 3. The van der Waals surface area contributed by atoms with E-state index in [0.29, 0.717) is 41.3 Å². The van der Waals surface area contributed by atoms with Gasteiger partial charge in [0.05, 0.1) is 24.0 Å². The van der Waals surface area contributed by atoms with Crippen LogP contribution in [0.2, 0.25) is 0 Å². The molecule has 0 aliphatic heterocycles. The van der Waals surface area contributed by atoms with Crippen LogP contribution in [0.3, 0.4) is 0 Å². The molecule has 0 radical (unpaired) electrons. The van der Waals surface area contributed by atoms with E-state index in [1.54, 1.807) is 42.5 Å². The number of aromatic amines is 1. The van der Waals surface area contributed by atoms with Crippen LogP contribution in [0.1, 0.15) is 24.3 Å². The number of sulfonamides is 1. The number of carbonyl (C=O) groups excluding carboxylic acids is 1. The lowest BCUT2D eigenvalue weighted by atomic mass is 10.2. The zero-order valence-corrected chi connectivity index (χ0v) is 20.5. The summed E-state index contributed by atoms with van der Waals surface area (Å²) in [7, 11) is -2.56. The highest BCUT2D eigenvalue weighted by molar-refractivity contribution is 7.93. The molecule has 1 aromatic heterocycles. The van der Waals surface area contributed by atoms with Crippen LogP contribution in [-0.2, 0) is 10.0 Å². The van der Waals surface area contributed by atoms with Crippen molar-refractivity contribution in [3.63, 3.8) is 0 Å². The fourth-order valence-electron chi connectivity index (χ4n) is 3.89. The van der Waals surface area contributed by atoms with Crippen molar-refractivity contribution in [2.75, 3.05) is 35.1 Å². The molecule has 0 atom stereocenters. The number of hydrogen-bond acceptors (Lipinski definition) is 6. The molecule has 4 aromatic rings. The molecule has 35 heavy (non-hydrogen) atoms. The van der Waals surface area contributed by atoms with E-state index in [1.165, 1.54) is 13.2 Å². The zero-order valence-electron chi connectivity index (χ0n) is 19.7. The van der Waals surface area contributed by atoms with E-state index in [-0.39, 0.29) is 10.6 Å². The van der Waals surface area contributed by atoms with E-state index < -0.39 is 15.9 Å². The summed E-state index contributed by atoms with van der Waals surface area (Å²) >= 11 is 0. The molecular weight excluding hydrogens is 466 g/mol. The van der Waals surface area contributed by atoms with Crippen molar-refractivity contribution in [3.05, 3.63) is 72.4 Å². The number of anilines is 3. The van der Waals surface area contributed by atoms with Gasteiger partial charge in [0.15, 0.2) is 5.69 Å². The molecule has 0 spiro atoms. The number of H-pyrrole nitrogens is 1. The Hall–Kier alpha value is -4.05. The monoisotopic (exact) mass is 493 g/mol. The van der Waals surface area contributed by atoms with Crippen LogP contribution < -0.4 is 19.7 Å². The normalized spacial score (nSPS) is 11.3. The van der Waals surface area contributed by atoms with Crippen molar-refractivity contribution in [1.82, 2.24) is 10.2 Å². The van der Waals surface area contributed by atoms with Gasteiger partial charge >= 0.3 is 0 Å². The number of nitrogens with one attached hydrogen (secondary N) is 3. The van der Waals surface area contributed by atoms with Crippen LogP contribution in [0.25, 0.3) is 10.9 Å². The van der Waals surface area contributed by atoms with Crippen molar-refractivity contribution in [3.8, 4) is 5.75 Å². The van der Waals surface area contributed by atoms with Gasteiger partial charge in [-0.15, -0.1) is 0 Å². The van der Waals surface area contributed by atoms with Gasteiger partial charge in [-0.1, -0.05) is 30.3 Å². The van der Waals surface area contributed by atoms with Crippen molar-refractivity contribution in [1.29, 1.82) is 0 Å². The second-order valence-electron chi connectivity index (χ2n) is 7.73. The Bertz CT molecular complexity index is 1460. The highest BCUT2D eigenvalue weighted by Crippen LogP contribution is 2.32. The summed E-state index contributed by atoms with van der Waals surface area (Å²) in [6.07, 6.45) is 0. The predicted octanol–water partition coefficient (Wildman–Crippen LogP) is 4.47. The van der Waals surface area contributed by atoms with Gasteiger partial charge in [0.25, 0.3) is 15.9 Å². The van der Waals surface area contributed by atoms with Crippen LogP contribution in [0.4, 0.5) is 17.1 Å². The van der Waals surface area contributed by atoms with Gasteiger partial charge in [-0.2, -0.15) is 5.10 Å². The van der Waals surface area contributed by atoms with Crippen LogP contribution in [0.15, 0.2) is 71.6 Å². The summed E-state index contributed by atoms with van der Waals surface area (Å²) in [5.41, 5.74) is 2.14. The quantitative estimate of drug-likeness (QED) is 0.317. The summed E-state index contributed by atoms with van der Waals surface area (Å²) in [6, 6.07) is 18.9. The summed E-state index contributed by atoms with van der Waals surface area (Å²) < 4.78 is 35.0. The van der Waals surface area contributed by atoms with Gasteiger partial charge in [0, 0.05) is 24.2 Å². The Balaban J connectivity index is 1.72. The molecule has 10 heteroatoms. The fraction of sp³-hybridized carbons (Fsp3) is 0.200. The third kappa shape index (κ3) is 4.92. The summed E-state index contributed by atoms with van der Waals surface area (Å²) in [5, 5.41) is 10.4. The maximum Gasteiger partial charge on any atom is 0.276 e. The first-order valence-corrected chi connectivity index (χ1v) is 12.7. The number of nitrogens with zero attached hydrogens (tertiary/aromatic N) is 2. The van der Waals surface area contributed by atoms with E-state index in [0.717, 1.165) is 5.52 Å². The van der Waals surface area contributed by atoms with E-state index in [4.69, 9.17) is 4.74 Å². The van der Waals surface area contributed by atoms with E-state index in [9.17, 15) is 13.2 Å². The topological polar surface area (TPSA) is 116 Å². The molecule has 3 aromatic carbocycles. The average Bonchev–Trinajstić information content (AvgIpc) is 3.30. The summed E-state index contributed by atoms with van der Waals surface area (Å²) in [6.45, 7) is 5.12. The first-order valence-electron chi connectivity index (χ1n) is 11.2. The standard InChI is InChI=1S/C25H27N5O4S/c1-4-30(5-2)21-15-14-17(26-25(31)24-18-10-6-7-11-19(18)27-28-24)16-23(21)35(32,33)29-20-12-8-9-13-22(20)34-3/h6-16,29H,4-5H2,1-3H3,(H,26,31)(H,27,28). The molecular formula is C25H27N5O4S. The lowest BCUT2D eigenvalue weighted by Gasteiger charge is -2.25. The van der Waals surface area contributed by atoms with E-state index >= 15 is 0 Å². The largest absolute Gasteiger partial charge is 0.495 e. The minimum Gasteiger partial charge on any atom is -0.495 e. The van der Waals surface area contributed by atoms with Crippen LogP contribution in [0.5, 0.6) is 5.75 Å². The van der Waals surface area contributed by atoms with Crippen LogP contribution in [0, 0.1) is 0 Å². The number of aromatic nitrogens is 2.